The van der Waals surface area contributed by atoms with Gasteiger partial charge in [-0.25, -0.2) is 0 Å². The molecule has 0 atom stereocenters. The van der Waals surface area contributed by atoms with Gasteiger partial charge in [-0.15, -0.1) is 0 Å². The quantitative estimate of drug-likeness (QED) is 0.570. The van der Waals surface area contributed by atoms with Gasteiger partial charge in [0, 0.05) is 5.33 Å². The molecule has 58 valence electrons. The second-order valence-corrected chi connectivity index (χ2v) is 2.45. The SMILES string of the molecule is BrCC1=CCCC=C1.CC. The Morgan fingerprint density at radius 1 is 1.40 bits per heavy atom. The summed E-state index contributed by atoms with van der Waals surface area (Å²) < 4.78 is 0. The van der Waals surface area contributed by atoms with Crippen molar-refractivity contribution in [3.8, 4) is 0 Å². The summed E-state index contributed by atoms with van der Waals surface area (Å²) >= 11 is 3.39. The number of alkyl halides is 1. The predicted octanol–water partition coefficient (Wildman–Crippen LogP) is 3.68. The van der Waals surface area contributed by atoms with Gasteiger partial charge in [0.05, 0.1) is 0 Å². The van der Waals surface area contributed by atoms with Crippen LogP contribution in [0.4, 0.5) is 0 Å². The molecule has 0 unspecified atom stereocenters. The number of hydrogen-bond donors (Lipinski definition) is 0. The molecule has 1 aliphatic carbocycles. The van der Waals surface area contributed by atoms with E-state index in [0.717, 1.165) is 5.33 Å². The van der Waals surface area contributed by atoms with Gasteiger partial charge in [0.1, 0.15) is 0 Å². The fourth-order valence-electron chi connectivity index (χ4n) is 0.767. The highest BCUT2D eigenvalue weighted by molar-refractivity contribution is 9.09. The average molecular weight is 203 g/mol. The van der Waals surface area contributed by atoms with E-state index in [1.54, 1.807) is 0 Å². The topological polar surface area (TPSA) is 0 Å². The lowest BCUT2D eigenvalue weighted by molar-refractivity contribution is 1.02. The molecule has 0 aromatic carbocycles. The Morgan fingerprint density at radius 3 is 2.40 bits per heavy atom. The van der Waals surface area contributed by atoms with Crippen LogP contribution in [0, 0.1) is 0 Å². The van der Waals surface area contributed by atoms with Crippen LogP contribution in [0.3, 0.4) is 0 Å². The maximum absolute atomic E-state index is 3.39. The standard InChI is InChI=1S/C7H9Br.C2H6/c8-6-7-4-2-1-3-5-7;1-2/h2,4-5H,1,3,6H2;1-2H3. The molecule has 0 spiro atoms. The van der Waals surface area contributed by atoms with E-state index in [-0.39, 0.29) is 0 Å². The Bertz CT molecular complexity index is 123. The molecular weight excluding hydrogens is 188 g/mol. The molecule has 0 aromatic rings. The zero-order chi connectivity index (χ0) is 7.82. The summed E-state index contributed by atoms with van der Waals surface area (Å²) in [5, 5.41) is 1.00. The molecule has 10 heavy (non-hydrogen) atoms. The van der Waals surface area contributed by atoms with Crippen LogP contribution in [0.5, 0.6) is 0 Å². The smallest absolute Gasteiger partial charge is 0.0279 e. The van der Waals surface area contributed by atoms with Gasteiger partial charge in [-0.3, -0.25) is 0 Å². The minimum Gasteiger partial charge on any atom is -0.0876 e. The Kier molecular flexibility index (Phi) is 7.04. The van der Waals surface area contributed by atoms with Crippen molar-refractivity contribution in [3.63, 3.8) is 0 Å². The van der Waals surface area contributed by atoms with Crippen LogP contribution in [0.15, 0.2) is 23.8 Å². The fraction of sp³-hybridized carbons (Fsp3) is 0.556. The molecule has 0 saturated carbocycles. The summed E-state index contributed by atoms with van der Waals surface area (Å²) in [6, 6.07) is 0. The molecule has 1 heteroatoms. The van der Waals surface area contributed by atoms with Crippen molar-refractivity contribution in [1.82, 2.24) is 0 Å². The molecule has 0 N–H and O–H groups in total. The molecule has 1 rings (SSSR count). The summed E-state index contributed by atoms with van der Waals surface area (Å²) in [4.78, 5) is 0. The average Bonchev–Trinajstić information content (AvgIpc) is 2.10. The largest absolute Gasteiger partial charge is 0.0876 e. The number of halogens is 1. The molecule has 1 aliphatic rings. The summed E-state index contributed by atoms with van der Waals surface area (Å²) in [6.45, 7) is 4.00. The van der Waals surface area contributed by atoms with Crippen LogP contribution in [0.2, 0.25) is 0 Å². The Labute approximate surface area is 72.1 Å². The summed E-state index contributed by atoms with van der Waals surface area (Å²) in [6.07, 6.45) is 9.11. The molecule has 0 nitrogen and oxygen atoms in total. The highest BCUT2D eigenvalue weighted by atomic mass is 79.9. The summed E-state index contributed by atoms with van der Waals surface area (Å²) in [5.74, 6) is 0. The monoisotopic (exact) mass is 202 g/mol. The molecule has 0 saturated heterocycles. The summed E-state index contributed by atoms with van der Waals surface area (Å²) in [5.41, 5.74) is 1.41. The van der Waals surface area contributed by atoms with E-state index < -0.39 is 0 Å². The van der Waals surface area contributed by atoms with Gasteiger partial charge >= 0.3 is 0 Å². The van der Waals surface area contributed by atoms with Crippen molar-refractivity contribution < 1.29 is 0 Å². The Balaban J connectivity index is 0.000000371. The second kappa shape index (κ2) is 7.07. The first-order valence-electron chi connectivity index (χ1n) is 3.85. The minimum absolute atomic E-state index is 1.00. The van der Waals surface area contributed by atoms with E-state index in [4.69, 9.17) is 0 Å². The zero-order valence-corrected chi connectivity index (χ0v) is 8.32. The maximum Gasteiger partial charge on any atom is 0.0279 e. The number of hydrogen-bond acceptors (Lipinski definition) is 0. The molecule has 0 fully saturated rings. The van der Waals surface area contributed by atoms with Crippen molar-refractivity contribution in [1.29, 1.82) is 0 Å². The van der Waals surface area contributed by atoms with Gasteiger partial charge in [0.15, 0.2) is 0 Å². The lowest BCUT2D eigenvalue weighted by Crippen LogP contribution is -1.83. The Hall–Kier alpha value is -0.0400. The van der Waals surface area contributed by atoms with Gasteiger partial charge in [0.2, 0.25) is 0 Å². The molecular formula is C9H15Br. The van der Waals surface area contributed by atoms with E-state index in [2.05, 4.69) is 34.2 Å². The summed E-state index contributed by atoms with van der Waals surface area (Å²) in [7, 11) is 0. The molecule has 0 radical (unpaired) electrons. The second-order valence-electron chi connectivity index (χ2n) is 1.89. The van der Waals surface area contributed by atoms with Crippen molar-refractivity contribution >= 4 is 15.9 Å². The van der Waals surface area contributed by atoms with E-state index >= 15 is 0 Å². The van der Waals surface area contributed by atoms with Crippen molar-refractivity contribution in [2.24, 2.45) is 0 Å². The highest BCUT2D eigenvalue weighted by Crippen LogP contribution is 2.10. The Morgan fingerprint density at radius 2 is 2.10 bits per heavy atom. The van der Waals surface area contributed by atoms with Gasteiger partial charge in [0.25, 0.3) is 0 Å². The minimum atomic E-state index is 1.00. The first-order chi connectivity index (χ1) is 4.93. The lowest BCUT2D eigenvalue weighted by Gasteiger charge is -2.00. The zero-order valence-electron chi connectivity index (χ0n) is 6.73. The molecule has 0 aliphatic heterocycles. The van der Waals surface area contributed by atoms with E-state index in [1.807, 2.05) is 13.8 Å². The first kappa shape index (κ1) is 9.96. The van der Waals surface area contributed by atoms with Gasteiger partial charge in [-0.1, -0.05) is 48.0 Å². The fourth-order valence-corrected chi connectivity index (χ4v) is 1.18. The van der Waals surface area contributed by atoms with Crippen LogP contribution in [0.25, 0.3) is 0 Å². The van der Waals surface area contributed by atoms with Crippen molar-refractivity contribution in [2.45, 2.75) is 26.7 Å². The third-order valence-electron chi connectivity index (χ3n) is 1.23. The van der Waals surface area contributed by atoms with Gasteiger partial charge in [-0.05, 0) is 18.4 Å². The van der Waals surface area contributed by atoms with Crippen LogP contribution in [-0.2, 0) is 0 Å². The van der Waals surface area contributed by atoms with E-state index in [9.17, 15) is 0 Å². The van der Waals surface area contributed by atoms with Crippen LogP contribution < -0.4 is 0 Å². The highest BCUT2D eigenvalue weighted by Gasteiger charge is 1.91. The van der Waals surface area contributed by atoms with Crippen molar-refractivity contribution in [3.05, 3.63) is 23.8 Å². The molecule has 0 amide bonds. The molecule has 0 aromatic heterocycles. The van der Waals surface area contributed by atoms with Crippen molar-refractivity contribution in [2.75, 3.05) is 5.33 Å². The predicted molar refractivity (Wildman–Crippen MR) is 51.6 cm³/mol. The van der Waals surface area contributed by atoms with Gasteiger partial charge < -0.3 is 0 Å². The van der Waals surface area contributed by atoms with Crippen LogP contribution in [-0.4, -0.2) is 5.33 Å². The molecule has 0 bridgehead atoms. The first-order valence-corrected chi connectivity index (χ1v) is 4.97. The van der Waals surface area contributed by atoms with Crippen LogP contribution in [0.1, 0.15) is 26.7 Å². The third-order valence-corrected chi connectivity index (χ3v) is 1.87. The van der Waals surface area contributed by atoms with E-state index in [0.29, 0.717) is 0 Å². The maximum atomic E-state index is 3.39. The van der Waals surface area contributed by atoms with Gasteiger partial charge in [-0.2, -0.15) is 0 Å². The third kappa shape index (κ3) is 3.89. The van der Waals surface area contributed by atoms with E-state index in [1.165, 1.54) is 18.4 Å². The number of allylic oxidation sites excluding steroid dienone is 4. The normalized spacial score (nSPS) is 15.3. The van der Waals surface area contributed by atoms with Crippen LogP contribution >= 0.6 is 15.9 Å². The molecule has 0 heterocycles. The lowest BCUT2D eigenvalue weighted by atomic mass is 10.1. The number of rotatable bonds is 1.